The van der Waals surface area contributed by atoms with Crippen LogP contribution in [-0.4, -0.2) is 51.2 Å². The van der Waals surface area contributed by atoms with E-state index in [-0.39, 0.29) is 12.0 Å². The van der Waals surface area contributed by atoms with Gasteiger partial charge in [-0.25, -0.2) is 14.8 Å². The van der Waals surface area contributed by atoms with Crippen LogP contribution in [0.3, 0.4) is 0 Å². The number of carbonyl (C=O) groups is 2. The van der Waals surface area contributed by atoms with Crippen LogP contribution in [0.2, 0.25) is 0 Å². The van der Waals surface area contributed by atoms with Crippen LogP contribution >= 0.6 is 0 Å². The van der Waals surface area contributed by atoms with E-state index in [2.05, 4.69) is 15.6 Å². The number of anilines is 3. The predicted octanol–water partition coefficient (Wildman–Crippen LogP) is 7.47. The summed E-state index contributed by atoms with van der Waals surface area (Å²) in [7, 11) is 0. The Labute approximate surface area is 252 Å². The molecule has 224 valence electrons. The second-order valence-electron chi connectivity index (χ2n) is 12.1. The van der Waals surface area contributed by atoms with E-state index in [1.54, 1.807) is 6.20 Å². The van der Waals surface area contributed by atoms with E-state index >= 15 is 0 Å². The van der Waals surface area contributed by atoms with Crippen LogP contribution in [0.4, 0.5) is 22.1 Å². The number of nitrogens with one attached hydrogen (secondary N) is 2. The highest BCUT2D eigenvalue weighted by Gasteiger charge is 2.36. The molecule has 2 heterocycles. The van der Waals surface area contributed by atoms with Gasteiger partial charge in [-0.2, -0.15) is 0 Å². The second kappa shape index (κ2) is 12.3. The number of likely N-dealkylation sites (tertiary alicyclic amines) is 1. The molecule has 0 aliphatic carbocycles. The van der Waals surface area contributed by atoms with Gasteiger partial charge in [0.05, 0.1) is 11.6 Å². The van der Waals surface area contributed by atoms with Crippen molar-refractivity contribution in [2.24, 2.45) is 0 Å². The molecule has 0 saturated carbocycles. The van der Waals surface area contributed by atoms with Crippen molar-refractivity contribution in [3.63, 3.8) is 0 Å². The van der Waals surface area contributed by atoms with Gasteiger partial charge in [0, 0.05) is 40.6 Å². The molecule has 2 amide bonds. The molecule has 3 aromatic carbocycles. The number of benzene rings is 3. The van der Waals surface area contributed by atoms with Crippen LogP contribution in [0.15, 0.2) is 66.9 Å². The summed E-state index contributed by atoms with van der Waals surface area (Å²) in [5.41, 5.74) is 4.40. The molecule has 43 heavy (non-hydrogen) atoms. The first-order valence-electron chi connectivity index (χ1n) is 14.7. The second-order valence-corrected chi connectivity index (χ2v) is 12.1. The SMILES string of the molecule is Cc1ccc(NC(=O)[C@H]2CCCN2C(=O)OC(C)(C)C)cc1Nc1ncc2cccc(-c3ccccc3OC(C)C)c2n1. The number of aromatic nitrogens is 2. The number of carbonyl (C=O) groups excluding carboxylic acids is 2. The van der Waals surface area contributed by atoms with Crippen molar-refractivity contribution >= 4 is 40.2 Å². The van der Waals surface area contributed by atoms with E-state index in [0.29, 0.717) is 24.6 Å². The zero-order valence-electron chi connectivity index (χ0n) is 25.6. The largest absolute Gasteiger partial charge is 0.490 e. The molecule has 1 atom stereocenters. The standard InChI is InChI=1S/C34H39N5O4/c1-21(2)42-29-15-8-7-12-25(29)26-13-9-11-23-20-35-32(38-30(23)26)37-27-19-24(17-16-22(27)3)36-31(40)28-14-10-18-39(28)33(41)43-34(4,5)6/h7-9,11-13,15-17,19-21,28H,10,14,18H2,1-6H3,(H,36,40)(H,35,37,38)/t28-/m1/s1. The molecular formula is C34H39N5O4. The van der Waals surface area contributed by atoms with Gasteiger partial charge in [0.15, 0.2) is 0 Å². The van der Waals surface area contributed by atoms with Gasteiger partial charge < -0.3 is 20.1 Å². The minimum Gasteiger partial charge on any atom is -0.490 e. The third kappa shape index (κ3) is 7.05. The number of rotatable bonds is 7. The molecule has 4 aromatic rings. The number of ether oxygens (including phenoxy) is 2. The van der Waals surface area contributed by atoms with Crippen molar-refractivity contribution < 1.29 is 19.1 Å². The van der Waals surface area contributed by atoms with Crippen LogP contribution in [0.25, 0.3) is 22.0 Å². The molecule has 5 rings (SSSR count). The molecule has 1 aromatic heterocycles. The van der Waals surface area contributed by atoms with Crippen LogP contribution in [0.1, 0.15) is 53.0 Å². The van der Waals surface area contributed by atoms with Gasteiger partial charge in [-0.1, -0.05) is 42.5 Å². The smallest absolute Gasteiger partial charge is 0.410 e. The third-order valence-electron chi connectivity index (χ3n) is 7.09. The maximum absolute atomic E-state index is 13.2. The highest BCUT2D eigenvalue weighted by Crippen LogP contribution is 2.35. The lowest BCUT2D eigenvalue weighted by Crippen LogP contribution is -2.45. The quantitative estimate of drug-likeness (QED) is 0.233. The summed E-state index contributed by atoms with van der Waals surface area (Å²) in [6.45, 7) is 11.9. The zero-order valence-corrected chi connectivity index (χ0v) is 25.6. The Kier molecular flexibility index (Phi) is 8.52. The van der Waals surface area contributed by atoms with Gasteiger partial charge in [0.25, 0.3) is 0 Å². The molecule has 2 N–H and O–H groups in total. The van der Waals surface area contributed by atoms with Crippen molar-refractivity contribution in [1.82, 2.24) is 14.9 Å². The molecule has 9 nitrogen and oxygen atoms in total. The van der Waals surface area contributed by atoms with Gasteiger partial charge in [0.1, 0.15) is 17.4 Å². The average Bonchev–Trinajstić information content (AvgIpc) is 3.44. The number of aryl methyl sites for hydroxylation is 1. The molecule has 1 saturated heterocycles. The lowest BCUT2D eigenvalue weighted by molar-refractivity contribution is -0.120. The maximum atomic E-state index is 13.2. The highest BCUT2D eigenvalue weighted by molar-refractivity contribution is 5.98. The molecule has 1 aliphatic heterocycles. The van der Waals surface area contributed by atoms with E-state index in [1.165, 1.54) is 4.90 Å². The summed E-state index contributed by atoms with van der Waals surface area (Å²) in [4.78, 5) is 36.9. The molecule has 0 radical (unpaired) electrons. The monoisotopic (exact) mass is 581 g/mol. The normalized spacial score (nSPS) is 15.0. The Bertz CT molecular complexity index is 1650. The first-order valence-corrected chi connectivity index (χ1v) is 14.7. The Morgan fingerprint density at radius 3 is 2.56 bits per heavy atom. The average molecular weight is 582 g/mol. The van der Waals surface area contributed by atoms with Crippen molar-refractivity contribution in [1.29, 1.82) is 0 Å². The minimum absolute atomic E-state index is 0.0350. The summed E-state index contributed by atoms with van der Waals surface area (Å²) in [6, 6.07) is 19.0. The number of fused-ring (bicyclic) bond motifs is 1. The molecule has 0 unspecified atom stereocenters. The van der Waals surface area contributed by atoms with Gasteiger partial charge in [-0.3, -0.25) is 9.69 Å². The van der Waals surface area contributed by atoms with Crippen LogP contribution in [-0.2, 0) is 9.53 Å². The summed E-state index contributed by atoms with van der Waals surface area (Å²) < 4.78 is 11.6. The van der Waals surface area contributed by atoms with Crippen molar-refractivity contribution in [2.45, 2.75) is 72.1 Å². The Balaban J connectivity index is 1.38. The van der Waals surface area contributed by atoms with Gasteiger partial charge in [-0.15, -0.1) is 0 Å². The molecular weight excluding hydrogens is 542 g/mol. The summed E-state index contributed by atoms with van der Waals surface area (Å²) in [5.74, 6) is 0.984. The lowest BCUT2D eigenvalue weighted by Gasteiger charge is -2.28. The fourth-order valence-corrected chi connectivity index (χ4v) is 5.14. The zero-order chi connectivity index (χ0) is 30.7. The first kappa shape index (κ1) is 29.8. The lowest BCUT2D eigenvalue weighted by atomic mass is 10.0. The van der Waals surface area contributed by atoms with E-state index < -0.39 is 17.7 Å². The van der Waals surface area contributed by atoms with Gasteiger partial charge >= 0.3 is 6.09 Å². The predicted molar refractivity (Wildman–Crippen MR) is 170 cm³/mol. The maximum Gasteiger partial charge on any atom is 0.410 e. The fourth-order valence-electron chi connectivity index (χ4n) is 5.14. The summed E-state index contributed by atoms with van der Waals surface area (Å²) >= 11 is 0. The van der Waals surface area contributed by atoms with Crippen LogP contribution in [0.5, 0.6) is 5.75 Å². The molecule has 0 spiro atoms. The summed E-state index contributed by atoms with van der Waals surface area (Å²) in [5, 5.41) is 7.23. The van der Waals surface area contributed by atoms with Crippen LogP contribution in [0, 0.1) is 6.92 Å². The fraction of sp³-hybridized carbons (Fsp3) is 0.353. The van der Waals surface area contributed by atoms with Crippen LogP contribution < -0.4 is 15.4 Å². The van der Waals surface area contributed by atoms with Crippen molar-refractivity contribution in [3.8, 4) is 16.9 Å². The van der Waals surface area contributed by atoms with Gasteiger partial charge in [-0.05, 0) is 78.1 Å². The number of amides is 2. The molecule has 1 aliphatic rings. The molecule has 0 bridgehead atoms. The van der Waals surface area contributed by atoms with E-state index in [4.69, 9.17) is 14.5 Å². The number of hydrogen-bond acceptors (Lipinski definition) is 7. The Morgan fingerprint density at radius 2 is 1.79 bits per heavy atom. The first-order chi connectivity index (χ1) is 20.5. The van der Waals surface area contributed by atoms with E-state index in [9.17, 15) is 9.59 Å². The van der Waals surface area contributed by atoms with Crippen molar-refractivity contribution in [2.75, 3.05) is 17.2 Å². The van der Waals surface area contributed by atoms with Gasteiger partial charge in [0.2, 0.25) is 11.9 Å². The minimum atomic E-state index is -0.630. The van der Waals surface area contributed by atoms with E-state index in [0.717, 1.165) is 45.5 Å². The molecule has 9 heteroatoms. The molecule has 1 fully saturated rings. The number of nitrogens with zero attached hydrogens (tertiary/aromatic N) is 3. The number of hydrogen-bond donors (Lipinski definition) is 2. The van der Waals surface area contributed by atoms with Crippen molar-refractivity contribution in [3.05, 3.63) is 72.4 Å². The summed E-state index contributed by atoms with van der Waals surface area (Å²) in [6.07, 6.45) is 2.69. The Morgan fingerprint density at radius 1 is 1.02 bits per heavy atom. The Hall–Kier alpha value is -4.66. The third-order valence-corrected chi connectivity index (χ3v) is 7.09. The highest BCUT2D eigenvalue weighted by atomic mass is 16.6. The van der Waals surface area contributed by atoms with E-state index in [1.807, 2.05) is 102 Å². The topological polar surface area (TPSA) is 106 Å². The number of para-hydroxylation sites is 2.